The van der Waals surface area contributed by atoms with E-state index in [4.69, 9.17) is 4.74 Å². The van der Waals surface area contributed by atoms with Crippen molar-refractivity contribution in [2.45, 2.75) is 0 Å². The molecule has 1 aromatic carbocycles. The van der Waals surface area contributed by atoms with Crippen LogP contribution in [-0.4, -0.2) is 39.6 Å². The maximum absolute atomic E-state index is 12.8. The number of rotatable bonds is 5. The Kier molecular flexibility index (Phi) is 5.23. The van der Waals surface area contributed by atoms with Crippen LogP contribution < -0.4 is 4.74 Å². The predicted molar refractivity (Wildman–Crippen MR) is 115 cm³/mol. The van der Waals surface area contributed by atoms with Gasteiger partial charge in [-0.3, -0.25) is 9.69 Å². The van der Waals surface area contributed by atoms with E-state index in [-0.39, 0.29) is 5.91 Å². The van der Waals surface area contributed by atoms with Gasteiger partial charge in [-0.05, 0) is 42.1 Å². The molecule has 4 rings (SSSR count). The summed E-state index contributed by atoms with van der Waals surface area (Å²) in [5.74, 6) is 0.668. The second-order valence-electron chi connectivity index (χ2n) is 5.82. The molecule has 1 fully saturated rings. The first-order valence-corrected chi connectivity index (χ1v) is 10.1. The van der Waals surface area contributed by atoms with E-state index < -0.39 is 0 Å². The number of thioether (sulfide) groups is 1. The SMILES string of the molecule is C=CCN1C(=O)/C(=C\c2ccc3cc(OC)ccc3n2)SC1=Nc1nccs1. The van der Waals surface area contributed by atoms with Crippen molar-refractivity contribution in [3.8, 4) is 5.75 Å². The number of ether oxygens (including phenoxy) is 1. The highest BCUT2D eigenvalue weighted by Gasteiger charge is 2.32. The molecule has 0 atom stereocenters. The maximum Gasteiger partial charge on any atom is 0.267 e. The van der Waals surface area contributed by atoms with E-state index in [1.54, 1.807) is 30.4 Å². The molecule has 3 heterocycles. The number of pyridine rings is 1. The fraction of sp³-hybridized carbons (Fsp3) is 0.100. The average molecular weight is 409 g/mol. The van der Waals surface area contributed by atoms with Crippen LogP contribution in [0.5, 0.6) is 5.75 Å². The summed E-state index contributed by atoms with van der Waals surface area (Å²) in [5.41, 5.74) is 1.55. The van der Waals surface area contributed by atoms with E-state index in [2.05, 4.69) is 21.5 Å². The molecule has 0 radical (unpaired) electrons. The minimum atomic E-state index is -0.114. The number of amides is 1. The van der Waals surface area contributed by atoms with Gasteiger partial charge in [0.15, 0.2) is 5.17 Å². The number of aromatic nitrogens is 2. The second kappa shape index (κ2) is 7.95. The fourth-order valence-electron chi connectivity index (χ4n) is 2.70. The number of nitrogens with zero attached hydrogens (tertiary/aromatic N) is 4. The molecule has 0 saturated carbocycles. The molecule has 1 saturated heterocycles. The number of aliphatic imine (C=N–C) groups is 1. The number of amidine groups is 1. The first-order chi connectivity index (χ1) is 13.7. The van der Waals surface area contributed by atoms with Crippen molar-refractivity contribution in [2.75, 3.05) is 13.7 Å². The van der Waals surface area contributed by atoms with Gasteiger partial charge in [-0.25, -0.2) is 9.97 Å². The minimum absolute atomic E-state index is 0.114. The molecule has 1 aliphatic heterocycles. The lowest BCUT2D eigenvalue weighted by molar-refractivity contribution is -0.121. The van der Waals surface area contributed by atoms with Crippen molar-refractivity contribution in [3.63, 3.8) is 0 Å². The van der Waals surface area contributed by atoms with Crippen molar-refractivity contribution in [2.24, 2.45) is 4.99 Å². The van der Waals surface area contributed by atoms with Crippen LogP contribution in [-0.2, 0) is 4.79 Å². The van der Waals surface area contributed by atoms with Crippen molar-refractivity contribution in [3.05, 3.63) is 65.2 Å². The molecule has 8 heteroatoms. The summed E-state index contributed by atoms with van der Waals surface area (Å²) in [7, 11) is 1.64. The molecular weight excluding hydrogens is 392 g/mol. The summed E-state index contributed by atoms with van der Waals surface area (Å²) >= 11 is 2.74. The number of carbonyl (C=O) groups excluding carboxylic acids is 1. The fourth-order valence-corrected chi connectivity index (χ4v) is 4.23. The Morgan fingerprint density at radius 3 is 2.96 bits per heavy atom. The van der Waals surface area contributed by atoms with Gasteiger partial charge in [0.05, 0.1) is 23.2 Å². The molecule has 0 aliphatic carbocycles. The van der Waals surface area contributed by atoms with E-state index in [1.807, 2.05) is 35.7 Å². The monoisotopic (exact) mass is 408 g/mol. The van der Waals surface area contributed by atoms with Gasteiger partial charge in [0.25, 0.3) is 5.91 Å². The summed E-state index contributed by atoms with van der Waals surface area (Å²) in [6.45, 7) is 4.12. The predicted octanol–water partition coefficient (Wildman–Crippen LogP) is 4.49. The zero-order valence-electron chi connectivity index (χ0n) is 15.0. The first kappa shape index (κ1) is 18.4. The normalized spacial score (nSPS) is 17.0. The molecule has 2 aromatic heterocycles. The Morgan fingerprint density at radius 2 is 2.21 bits per heavy atom. The summed E-state index contributed by atoms with van der Waals surface area (Å²) < 4.78 is 5.25. The molecule has 0 N–H and O–H groups in total. The topological polar surface area (TPSA) is 67.7 Å². The van der Waals surface area contributed by atoms with Crippen LogP contribution in [0.15, 0.2) is 64.5 Å². The van der Waals surface area contributed by atoms with Gasteiger partial charge in [-0.1, -0.05) is 12.1 Å². The van der Waals surface area contributed by atoms with Crippen molar-refractivity contribution >= 4 is 56.3 Å². The largest absolute Gasteiger partial charge is 0.497 e. The third-order valence-electron chi connectivity index (χ3n) is 4.01. The number of carbonyl (C=O) groups is 1. The second-order valence-corrected chi connectivity index (χ2v) is 7.70. The molecule has 3 aromatic rings. The molecular formula is C20H16N4O2S2. The highest BCUT2D eigenvalue weighted by Crippen LogP contribution is 2.34. The van der Waals surface area contributed by atoms with Gasteiger partial charge < -0.3 is 4.74 Å². The number of hydrogen-bond acceptors (Lipinski definition) is 7. The van der Waals surface area contributed by atoms with Gasteiger partial charge in [-0.2, -0.15) is 4.99 Å². The quantitative estimate of drug-likeness (QED) is 0.460. The molecule has 28 heavy (non-hydrogen) atoms. The lowest BCUT2D eigenvalue weighted by Gasteiger charge is -2.11. The zero-order valence-corrected chi connectivity index (χ0v) is 16.7. The van der Waals surface area contributed by atoms with Gasteiger partial charge in [0.2, 0.25) is 5.13 Å². The Bertz CT molecular complexity index is 1110. The summed E-state index contributed by atoms with van der Waals surface area (Å²) in [4.78, 5) is 28.3. The van der Waals surface area contributed by atoms with Crippen molar-refractivity contribution < 1.29 is 9.53 Å². The van der Waals surface area contributed by atoms with Crippen LogP contribution in [0, 0.1) is 0 Å². The zero-order chi connectivity index (χ0) is 19.5. The van der Waals surface area contributed by atoms with Crippen molar-refractivity contribution in [1.82, 2.24) is 14.9 Å². The van der Waals surface area contributed by atoms with E-state index in [0.717, 1.165) is 16.7 Å². The lowest BCUT2D eigenvalue weighted by Crippen LogP contribution is -2.29. The first-order valence-electron chi connectivity index (χ1n) is 8.43. The van der Waals surface area contributed by atoms with E-state index in [0.29, 0.717) is 27.4 Å². The van der Waals surface area contributed by atoms with Crippen LogP contribution in [0.25, 0.3) is 17.0 Å². The van der Waals surface area contributed by atoms with Crippen molar-refractivity contribution in [1.29, 1.82) is 0 Å². The molecule has 0 bridgehead atoms. The lowest BCUT2D eigenvalue weighted by atomic mass is 10.2. The Balaban J connectivity index is 1.67. The molecule has 0 unspecified atom stereocenters. The Morgan fingerprint density at radius 1 is 1.32 bits per heavy atom. The number of hydrogen-bond donors (Lipinski definition) is 0. The minimum Gasteiger partial charge on any atom is -0.497 e. The van der Waals surface area contributed by atoms with E-state index in [9.17, 15) is 4.79 Å². The van der Waals surface area contributed by atoms with Crippen LogP contribution in [0.4, 0.5) is 5.13 Å². The summed E-state index contributed by atoms with van der Waals surface area (Å²) in [5, 5.41) is 4.04. The highest BCUT2D eigenvalue weighted by molar-refractivity contribution is 8.18. The van der Waals surface area contributed by atoms with Gasteiger partial charge in [0, 0.05) is 23.5 Å². The number of fused-ring (bicyclic) bond motifs is 1. The van der Waals surface area contributed by atoms with Gasteiger partial charge in [0.1, 0.15) is 5.75 Å². The smallest absolute Gasteiger partial charge is 0.267 e. The van der Waals surface area contributed by atoms with Gasteiger partial charge in [-0.15, -0.1) is 17.9 Å². The Labute approximate surface area is 170 Å². The third-order valence-corrected chi connectivity index (χ3v) is 5.68. The molecule has 6 nitrogen and oxygen atoms in total. The standard InChI is InChI=1S/C20H16N4O2S2/c1-3-9-24-18(25)17(28-20(24)23-19-21-8-10-27-19)12-14-5-4-13-11-15(26-2)6-7-16(13)22-14/h3-8,10-12H,1,9H2,2H3/b17-12+,23-20?. The third kappa shape index (κ3) is 3.69. The van der Waals surface area contributed by atoms with E-state index in [1.165, 1.54) is 23.1 Å². The average Bonchev–Trinajstić information content (AvgIpc) is 3.32. The highest BCUT2D eigenvalue weighted by atomic mass is 32.2. The number of thiazole rings is 1. The molecule has 1 aliphatic rings. The maximum atomic E-state index is 12.8. The van der Waals surface area contributed by atoms with E-state index >= 15 is 0 Å². The number of benzene rings is 1. The Hall–Kier alpha value is -2.97. The molecule has 1 amide bonds. The van der Waals surface area contributed by atoms with Crippen LogP contribution in [0.3, 0.4) is 0 Å². The summed E-state index contributed by atoms with van der Waals surface area (Å²) in [6.07, 6.45) is 5.16. The van der Waals surface area contributed by atoms with Crippen LogP contribution in [0.2, 0.25) is 0 Å². The van der Waals surface area contributed by atoms with Crippen LogP contribution in [0.1, 0.15) is 5.69 Å². The van der Waals surface area contributed by atoms with Crippen LogP contribution >= 0.6 is 23.1 Å². The molecule has 140 valence electrons. The van der Waals surface area contributed by atoms with Gasteiger partial charge >= 0.3 is 0 Å². The molecule has 0 spiro atoms. The number of methoxy groups -OCH3 is 1. The summed E-state index contributed by atoms with van der Waals surface area (Å²) in [6, 6.07) is 9.55.